The van der Waals surface area contributed by atoms with Gasteiger partial charge in [0.05, 0.1) is 0 Å². The van der Waals surface area contributed by atoms with Crippen LogP contribution in [0.4, 0.5) is 0 Å². The summed E-state index contributed by atoms with van der Waals surface area (Å²) >= 11 is 0. The van der Waals surface area contributed by atoms with Crippen LogP contribution >= 0.6 is 0 Å². The molecule has 1 aromatic carbocycles. The first-order chi connectivity index (χ1) is 7.18. The SMILES string of the molecule is NN1NC(=O)C(=Cc2ccccc2)C1=O. The van der Waals surface area contributed by atoms with Crippen molar-refractivity contribution in [1.29, 1.82) is 0 Å². The van der Waals surface area contributed by atoms with Crippen LogP contribution in [0.2, 0.25) is 0 Å². The van der Waals surface area contributed by atoms with Crippen LogP contribution in [-0.2, 0) is 9.59 Å². The van der Waals surface area contributed by atoms with E-state index in [0.717, 1.165) is 5.56 Å². The van der Waals surface area contributed by atoms with E-state index in [-0.39, 0.29) is 5.57 Å². The fourth-order valence-corrected chi connectivity index (χ4v) is 1.29. The summed E-state index contributed by atoms with van der Waals surface area (Å²) in [4.78, 5) is 22.6. The fourth-order valence-electron chi connectivity index (χ4n) is 1.29. The van der Waals surface area contributed by atoms with E-state index in [1.54, 1.807) is 12.1 Å². The molecule has 0 aromatic heterocycles. The first-order valence-corrected chi connectivity index (χ1v) is 4.35. The highest BCUT2D eigenvalue weighted by Gasteiger charge is 2.31. The number of hydrazine groups is 2. The molecule has 0 aliphatic carbocycles. The van der Waals surface area contributed by atoms with E-state index in [1.165, 1.54) is 6.08 Å². The van der Waals surface area contributed by atoms with Crippen LogP contribution in [0.5, 0.6) is 0 Å². The van der Waals surface area contributed by atoms with E-state index in [4.69, 9.17) is 5.84 Å². The molecule has 15 heavy (non-hydrogen) atoms. The van der Waals surface area contributed by atoms with Crippen molar-refractivity contribution in [2.45, 2.75) is 0 Å². The van der Waals surface area contributed by atoms with Gasteiger partial charge in [-0.3, -0.25) is 9.59 Å². The van der Waals surface area contributed by atoms with Crippen molar-refractivity contribution in [3.63, 3.8) is 0 Å². The lowest BCUT2D eigenvalue weighted by Crippen LogP contribution is -2.41. The Kier molecular flexibility index (Phi) is 2.23. The second-order valence-corrected chi connectivity index (χ2v) is 3.08. The van der Waals surface area contributed by atoms with Crippen molar-refractivity contribution in [1.82, 2.24) is 10.5 Å². The molecule has 0 atom stereocenters. The summed E-state index contributed by atoms with van der Waals surface area (Å²) in [6, 6.07) is 9.10. The van der Waals surface area contributed by atoms with Crippen LogP contribution in [0, 0.1) is 0 Å². The van der Waals surface area contributed by atoms with Gasteiger partial charge in [-0.1, -0.05) is 30.3 Å². The van der Waals surface area contributed by atoms with Crippen molar-refractivity contribution in [2.75, 3.05) is 0 Å². The molecule has 5 heteroatoms. The number of carbonyl (C=O) groups is 2. The van der Waals surface area contributed by atoms with Gasteiger partial charge in [0, 0.05) is 0 Å². The summed E-state index contributed by atoms with van der Waals surface area (Å²) in [5.41, 5.74) is 3.02. The molecule has 1 fully saturated rings. The molecule has 1 saturated heterocycles. The summed E-state index contributed by atoms with van der Waals surface area (Å²) < 4.78 is 0. The van der Waals surface area contributed by atoms with Gasteiger partial charge >= 0.3 is 0 Å². The summed E-state index contributed by atoms with van der Waals surface area (Å²) in [7, 11) is 0. The van der Waals surface area contributed by atoms with E-state index in [9.17, 15) is 9.59 Å². The molecule has 76 valence electrons. The van der Waals surface area contributed by atoms with E-state index in [0.29, 0.717) is 5.12 Å². The molecule has 1 aliphatic rings. The van der Waals surface area contributed by atoms with Crippen molar-refractivity contribution < 1.29 is 9.59 Å². The third-order valence-corrected chi connectivity index (χ3v) is 2.03. The van der Waals surface area contributed by atoms with Gasteiger partial charge in [0.2, 0.25) is 0 Å². The Morgan fingerprint density at radius 3 is 2.40 bits per heavy atom. The Bertz CT molecular complexity index is 439. The zero-order valence-electron chi connectivity index (χ0n) is 7.81. The predicted octanol–water partition coefficient (Wildman–Crippen LogP) is -0.183. The van der Waals surface area contributed by atoms with Gasteiger partial charge in [0.25, 0.3) is 11.8 Å². The lowest BCUT2D eigenvalue weighted by Gasteiger charge is -2.03. The molecule has 0 unspecified atom stereocenters. The molecule has 0 bridgehead atoms. The summed E-state index contributed by atoms with van der Waals surface area (Å²) in [6.45, 7) is 0. The van der Waals surface area contributed by atoms with Gasteiger partial charge in [-0.2, -0.15) is 5.12 Å². The number of hydrogen-bond donors (Lipinski definition) is 2. The average Bonchev–Trinajstić information content (AvgIpc) is 2.47. The molecule has 5 nitrogen and oxygen atoms in total. The van der Waals surface area contributed by atoms with E-state index >= 15 is 0 Å². The third kappa shape index (κ3) is 1.72. The number of nitrogens with zero attached hydrogens (tertiary/aromatic N) is 1. The predicted molar refractivity (Wildman–Crippen MR) is 53.6 cm³/mol. The first kappa shape index (κ1) is 9.42. The van der Waals surface area contributed by atoms with E-state index in [1.807, 2.05) is 18.2 Å². The Labute approximate surface area is 86.1 Å². The fraction of sp³-hybridized carbons (Fsp3) is 0. The first-order valence-electron chi connectivity index (χ1n) is 4.35. The average molecular weight is 203 g/mol. The van der Waals surface area contributed by atoms with Gasteiger partial charge < -0.3 is 0 Å². The number of hydrogen-bond acceptors (Lipinski definition) is 3. The van der Waals surface area contributed by atoms with Gasteiger partial charge in [-0.05, 0) is 11.6 Å². The van der Waals surface area contributed by atoms with Crippen molar-refractivity contribution in [3.8, 4) is 0 Å². The molecule has 1 aromatic rings. The Hall–Kier alpha value is -2.14. The minimum Gasteiger partial charge on any atom is -0.267 e. The van der Waals surface area contributed by atoms with Crippen molar-refractivity contribution in [2.24, 2.45) is 5.84 Å². The number of rotatable bonds is 1. The standard InChI is InChI=1S/C10H9N3O2/c11-13-10(15)8(9(14)12-13)6-7-4-2-1-3-5-7/h1-6H,11H2,(H,12,14). The summed E-state index contributed by atoms with van der Waals surface area (Å²) in [6.07, 6.45) is 1.50. The number of nitrogens with one attached hydrogen (secondary N) is 1. The van der Waals surface area contributed by atoms with Crippen LogP contribution < -0.4 is 11.3 Å². The molecule has 1 heterocycles. The maximum atomic E-state index is 11.4. The Morgan fingerprint density at radius 1 is 1.20 bits per heavy atom. The van der Waals surface area contributed by atoms with E-state index < -0.39 is 11.8 Å². The van der Waals surface area contributed by atoms with Gasteiger partial charge in [0.15, 0.2) is 0 Å². The number of amides is 2. The largest absolute Gasteiger partial charge is 0.292 e. The highest BCUT2D eigenvalue weighted by atomic mass is 16.2. The minimum absolute atomic E-state index is 0.0451. The molecular formula is C10H9N3O2. The van der Waals surface area contributed by atoms with Crippen molar-refractivity contribution in [3.05, 3.63) is 41.5 Å². The van der Waals surface area contributed by atoms with Gasteiger partial charge in [-0.25, -0.2) is 11.3 Å². The van der Waals surface area contributed by atoms with Crippen LogP contribution in [0.25, 0.3) is 6.08 Å². The molecule has 1 aliphatic heterocycles. The van der Waals surface area contributed by atoms with Crippen LogP contribution in [0.3, 0.4) is 0 Å². The molecule has 0 saturated carbocycles. The summed E-state index contributed by atoms with van der Waals surface area (Å²) in [5.74, 6) is 4.22. The lowest BCUT2D eigenvalue weighted by atomic mass is 10.1. The molecular weight excluding hydrogens is 194 g/mol. The Balaban J connectivity index is 2.35. The lowest BCUT2D eigenvalue weighted by molar-refractivity contribution is -0.128. The van der Waals surface area contributed by atoms with Crippen LogP contribution in [0.15, 0.2) is 35.9 Å². The number of benzene rings is 1. The minimum atomic E-state index is -0.524. The number of nitrogens with two attached hydrogens (primary N) is 1. The molecule has 3 N–H and O–H groups in total. The molecule has 0 spiro atoms. The highest BCUT2D eigenvalue weighted by Crippen LogP contribution is 2.11. The zero-order valence-corrected chi connectivity index (χ0v) is 7.81. The second-order valence-electron chi connectivity index (χ2n) is 3.08. The normalized spacial score (nSPS) is 18.5. The molecule has 0 radical (unpaired) electrons. The smallest absolute Gasteiger partial charge is 0.267 e. The molecule has 2 rings (SSSR count). The maximum absolute atomic E-state index is 11.4. The van der Waals surface area contributed by atoms with Gasteiger partial charge in [0.1, 0.15) is 5.57 Å². The van der Waals surface area contributed by atoms with E-state index in [2.05, 4.69) is 5.43 Å². The quantitative estimate of drug-likeness (QED) is 0.287. The monoisotopic (exact) mass is 203 g/mol. The van der Waals surface area contributed by atoms with Crippen LogP contribution in [-0.4, -0.2) is 16.9 Å². The van der Waals surface area contributed by atoms with Crippen LogP contribution in [0.1, 0.15) is 5.56 Å². The topological polar surface area (TPSA) is 75.4 Å². The second kappa shape index (κ2) is 3.55. The summed E-state index contributed by atoms with van der Waals surface area (Å²) in [5, 5.41) is 0.678. The molecule has 2 amide bonds. The highest BCUT2D eigenvalue weighted by molar-refractivity contribution is 6.25. The number of carbonyl (C=O) groups excluding carboxylic acids is 2. The Morgan fingerprint density at radius 2 is 1.87 bits per heavy atom. The van der Waals surface area contributed by atoms with Crippen molar-refractivity contribution >= 4 is 17.9 Å². The zero-order chi connectivity index (χ0) is 10.8. The van der Waals surface area contributed by atoms with Gasteiger partial charge in [-0.15, -0.1) is 0 Å². The third-order valence-electron chi connectivity index (χ3n) is 2.03. The maximum Gasteiger partial charge on any atom is 0.292 e.